The number of carbonyl (C=O) groups excluding carboxylic acids is 1. The van der Waals surface area contributed by atoms with Gasteiger partial charge in [0.1, 0.15) is 5.82 Å². The van der Waals surface area contributed by atoms with Gasteiger partial charge in [0, 0.05) is 37.8 Å². The molecule has 94 valence electrons. The first-order valence-electron chi connectivity index (χ1n) is 5.48. The molecular formula is C11H14N6O. The normalized spacial score (nSPS) is 10.1. The molecule has 2 aromatic rings. The smallest absolute Gasteiger partial charge is 0.255 e. The summed E-state index contributed by atoms with van der Waals surface area (Å²) in [4.78, 5) is 22.8. The topological polar surface area (TPSA) is 109 Å². The summed E-state index contributed by atoms with van der Waals surface area (Å²) < 4.78 is 0. The molecule has 2 rings (SSSR count). The van der Waals surface area contributed by atoms with Gasteiger partial charge in [-0.2, -0.15) is 0 Å². The van der Waals surface area contributed by atoms with Gasteiger partial charge in [-0.05, 0) is 6.07 Å². The molecule has 0 saturated heterocycles. The summed E-state index contributed by atoms with van der Waals surface area (Å²) in [6, 6.07) is 1.64. The summed E-state index contributed by atoms with van der Waals surface area (Å²) in [6.07, 6.45) is 7.10. The highest BCUT2D eigenvalue weighted by Crippen LogP contribution is 2.11. The Morgan fingerprint density at radius 2 is 2.33 bits per heavy atom. The van der Waals surface area contributed by atoms with E-state index in [0.29, 0.717) is 24.2 Å². The Morgan fingerprint density at radius 3 is 3.06 bits per heavy atom. The number of hydrazine groups is 1. The molecule has 0 unspecified atom stereocenters. The van der Waals surface area contributed by atoms with Crippen LogP contribution in [-0.2, 0) is 6.42 Å². The predicted molar refractivity (Wildman–Crippen MR) is 66.7 cm³/mol. The predicted octanol–water partition coefficient (Wildman–Crippen LogP) is 0.0628. The Balaban J connectivity index is 1.91. The maximum atomic E-state index is 11.9. The number of carbonyl (C=O) groups is 1. The van der Waals surface area contributed by atoms with Gasteiger partial charge in [0.15, 0.2) is 0 Å². The van der Waals surface area contributed by atoms with Gasteiger partial charge in [-0.3, -0.25) is 15.6 Å². The third-order valence-electron chi connectivity index (χ3n) is 2.42. The van der Waals surface area contributed by atoms with Crippen molar-refractivity contribution in [3.05, 3.63) is 42.2 Å². The highest BCUT2D eigenvalue weighted by molar-refractivity contribution is 5.99. The van der Waals surface area contributed by atoms with Crippen molar-refractivity contribution in [3.8, 4) is 0 Å². The van der Waals surface area contributed by atoms with Crippen LogP contribution in [0.25, 0.3) is 0 Å². The van der Waals surface area contributed by atoms with Gasteiger partial charge in [-0.15, -0.1) is 0 Å². The van der Waals surface area contributed by atoms with Crippen molar-refractivity contribution in [2.75, 3.05) is 12.0 Å². The van der Waals surface area contributed by atoms with E-state index in [-0.39, 0.29) is 5.91 Å². The first-order chi connectivity index (χ1) is 8.81. The Bertz CT molecular complexity index is 510. The van der Waals surface area contributed by atoms with E-state index in [1.54, 1.807) is 24.7 Å². The molecule has 0 aliphatic heterocycles. The van der Waals surface area contributed by atoms with Crippen LogP contribution in [0.15, 0.2) is 30.9 Å². The number of hydrogen-bond donors (Lipinski definition) is 4. The molecule has 0 aromatic carbocycles. The third kappa shape index (κ3) is 2.83. The lowest BCUT2D eigenvalue weighted by molar-refractivity contribution is 0.0954. The molecular weight excluding hydrogens is 232 g/mol. The molecule has 1 amide bonds. The Hall–Kier alpha value is -2.41. The molecule has 2 heterocycles. The molecule has 0 radical (unpaired) electrons. The maximum absolute atomic E-state index is 11.9. The second-order valence-corrected chi connectivity index (χ2v) is 3.61. The number of aromatic nitrogens is 3. The van der Waals surface area contributed by atoms with E-state index in [4.69, 9.17) is 5.84 Å². The van der Waals surface area contributed by atoms with E-state index < -0.39 is 0 Å². The zero-order valence-electron chi connectivity index (χ0n) is 9.68. The lowest BCUT2D eigenvalue weighted by Gasteiger charge is -2.08. The molecule has 0 spiro atoms. The Morgan fingerprint density at radius 1 is 1.44 bits per heavy atom. The van der Waals surface area contributed by atoms with Gasteiger partial charge in [-0.1, -0.05) is 0 Å². The van der Waals surface area contributed by atoms with Crippen LogP contribution < -0.4 is 16.6 Å². The Kier molecular flexibility index (Phi) is 3.87. The fourth-order valence-corrected chi connectivity index (χ4v) is 1.53. The quantitative estimate of drug-likeness (QED) is 0.441. The summed E-state index contributed by atoms with van der Waals surface area (Å²) in [5, 5.41) is 2.78. The number of aromatic amines is 1. The second kappa shape index (κ2) is 5.78. The Labute approximate surface area is 104 Å². The van der Waals surface area contributed by atoms with Gasteiger partial charge in [0.25, 0.3) is 5.91 Å². The number of amides is 1. The second-order valence-electron chi connectivity index (χ2n) is 3.61. The van der Waals surface area contributed by atoms with Crippen molar-refractivity contribution in [1.82, 2.24) is 20.3 Å². The average molecular weight is 246 g/mol. The molecule has 0 atom stereocenters. The average Bonchev–Trinajstić information content (AvgIpc) is 2.91. The zero-order chi connectivity index (χ0) is 12.8. The third-order valence-corrected chi connectivity index (χ3v) is 2.42. The van der Waals surface area contributed by atoms with Crippen molar-refractivity contribution >= 4 is 11.6 Å². The standard InChI is InChI=1S/C11H14N6O/c12-17-9-1-3-13-7-8(9)11(18)16-4-2-10-14-5-6-15-10/h1,3,5-7H,2,4,12H2,(H,13,17)(H,14,15)(H,16,18). The van der Waals surface area contributed by atoms with E-state index in [0.717, 1.165) is 5.82 Å². The number of anilines is 1. The minimum Gasteiger partial charge on any atom is -0.351 e. The number of nitrogens with zero attached hydrogens (tertiary/aromatic N) is 2. The molecule has 7 heteroatoms. The van der Waals surface area contributed by atoms with E-state index >= 15 is 0 Å². The molecule has 0 bridgehead atoms. The van der Waals surface area contributed by atoms with Crippen LogP contribution in [-0.4, -0.2) is 27.4 Å². The monoisotopic (exact) mass is 246 g/mol. The first-order valence-corrected chi connectivity index (χ1v) is 5.48. The SMILES string of the molecule is NNc1ccncc1C(=O)NCCc1ncc[nH]1. The van der Waals surface area contributed by atoms with E-state index in [1.165, 1.54) is 6.20 Å². The minimum absolute atomic E-state index is 0.220. The number of imidazole rings is 1. The van der Waals surface area contributed by atoms with Gasteiger partial charge in [0.2, 0.25) is 0 Å². The summed E-state index contributed by atoms with van der Waals surface area (Å²) >= 11 is 0. The largest absolute Gasteiger partial charge is 0.351 e. The summed E-state index contributed by atoms with van der Waals surface area (Å²) in [5.74, 6) is 5.93. The van der Waals surface area contributed by atoms with Crippen LogP contribution in [0.4, 0.5) is 5.69 Å². The molecule has 0 saturated carbocycles. The molecule has 2 aromatic heterocycles. The van der Waals surface area contributed by atoms with Crippen LogP contribution in [0.1, 0.15) is 16.2 Å². The van der Waals surface area contributed by atoms with Crippen LogP contribution in [0.5, 0.6) is 0 Å². The lowest BCUT2D eigenvalue weighted by atomic mass is 10.2. The first kappa shape index (κ1) is 12.1. The molecule has 5 N–H and O–H groups in total. The molecule has 18 heavy (non-hydrogen) atoms. The van der Waals surface area contributed by atoms with E-state index in [1.807, 2.05) is 0 Å². The number of hydrogen-bond acceptors (Lipinski definition) is 5. The van der Waals surface area contributed by atoms with Gasteiger partial charge >= 0.3 is 0 Å². The number of rotatable bonds is 5. The van der Waals surface area contributed by atoms with Gasteiger partial charge in [0.05, 0.1) is 11.3 Å². The lowest BCUT2D eigenvalue weighted by Crippen LogP contribution is -2.27. The van der Waals surface area contributed by atoms with E-state index in [9.17, 15) is 4.79 Å². The van der Waals surface area contributed by atoms with Crippen molar-refractivity contribution in [2.45, 2.75) is 6.42 Å². The number of nitrogens with one attached hydrogen (secondary N) is 3. The number of nitrogens with two attached hydrogens (primary N) is 1. The zero-order valence-corrected chi connectivity index (χ0v) is 9.68. The number of nitrogen functional groups attached to an aromatic ring is 1. The fraction of sp³-hybridized carbons (Fsp3) is 0.182. The number of pyridine rings is 1. The number of H-pyrrole nitrogens is 1. The molecule has 0 aliphatic carbocycles. The van der Waals surface area contributed by atoms with Crippen molar-refractivity contribution in [3.63, 3.8) is 0 Å². The summed E-state index contributed by atoms with van der Waals surface area (Å²) in [7, 11) is 0. The van der Waals surface area contributed by atoms with E-state index in [2.05, 4.69) is 25.7 Å². The van der Waals surface area contributed by atoms with Crippen molar-refractivity contribution < 1.29 is 4.79 Å². The van der Waals surface area contributed by atoms with Crippen LogP contribution in [0.3, 0.4) is 0 Å². The maximum Gasteiger partial charge on any atom is 0.255 e. The van der Waals surface area contributed by atoms with Crippen LogP contribution >= 0.6 is 0 Å². The van der Waals surface area contributed by atoms with Crippen LogP contribution in [0, 0.1) is 0 Å². The summed E-state index contributed by atoms with van der Waals surface area (Å²) in [5.41, 5.74) is 3.42. The van der Waals surface area contributed by atoms with Crippen LogP contribution in [0.2, 0.25) is 0 Å². The highest BCUT2D eigenvalue weighted by Gasteiger charge is 2.10. The minimum atomic E-state index is -0.220. The molecule has 7 nitrogen and oxygen atoms in total. The molecule has 0 fully saturated rings. The van der Waals surface area contributed by atoms with Crippen molar-refractivity contribution in [1.29, 1.82) is 0 Å². The van der Waals surface area contributed by atoms with Gasteiger partial charge < -0.3 is 15.7 Å². The molecule has 0 aliphatic rings. The summed E-state index contributed by atoms with van der Waals surface area (Å²) in [6.45, 7) is 0.491. The van der Waals surface area contributed by atoms with Gasteiger partial charge in [-0.25, -0.2) is 4.98 Å². The van der Waals surface area contributed by atoms with Crippen molar-refractivity contribution in [2.24, 2.45) is 5.84 Å². The highest BCUT2D eigenvalue weighted by atomic mass is 16.1. The fourth-order valence-electron chi connectivity index (χ4n) is 1.53.